The highest BCUT2D eigenvalue weighted by molar-refractivity contribution is 5.94. The molecule has 2 rings (SSSR count). The first-order valence-corrected chi connectivity index (χ1v) is 4.79. The molecular weight excluding hydrogens is 194 g/mol. The van der Waals surface area contributed by atoms with Gasteiger partial charge in [0, 0.05) is 19.2 Å². The maximum Gasteiger partial charge on any atom is 0.228 e. The van der Waals surface area contributed by atoms with Crippen LogP contribution in [0.5, 0.6) is 0 Å². The van der Waals surface area contributed by atoms with E-state index in [1.807, 2.05) is 0 Å². The third-order valence-electron chi connectivity index (χ3n) is 2.47. The smallest absolute Gasteiger partial charge is 0.228 e. The molecule has 4 N–H and O–H groups in total. The lowest BCUT2D eigenvalue weighted by Gasteiger charge is -2.14. The molecule has 1 fully saturated rings. The number of aromatic nitrogens is 2. The summed E-state index contributed by atoms with van der Waals surface area (Å²) in [6.45, 7) is 1.13. The van der Waals surface area contributed by atoms with Crippen LogP contribution in [0.3, 0.4) is 0 Å². The van der Waals surface area contributed by atoms with Crippen LogP contribution in [0.2, 0.25) is 0 Å². The molecule has 80 valence electrons. The van der Waals surface area contributed by atoms with Gasteiger partial charge in [-0.3, -0.25) is 9.69 Å². The molecule has 0 aliphatic carbocycles. The normalized spacial score (nSPS) is 21.0. The van der Waals surface area contributed by atoms with Crippen LogP contribution in [0.25, 0.3) is 0 Å². The van der Waals surface area contributed by atoms with E-state index in [9.17, 15) is 4.79 Å². The van der Waals surface area contributed by atoms with Crippen LogP contribution < -0.4 is 16.4 Å². The number of anilines is 2. The molecule has 1 atom stereocenters. The minimum Gasteiger partial charge on any atom is -0.368 e. The number of nitrogens with two attached hydrogens (primary N) is 2. The summed E-state index contributed by atoms with van der Waals surface area (Å²) >= 11 is 0. The van der Waals surface area contributed by atoms with Crippen LogP contribution in [0, 0.1) is 5.92 Å². The Hall–Kier alpha value is -1.69. The summed E-state index contributed by atoms with van der Waals surface area (Å²) in [5.41, 5.74) is 11.0. The van der Waals surface area contributed by atoms with Crippen LogP contribution in [-0.2, 0) is 4.79 Å². The van der Waals surface area contributed by atoms with Crippen molar-refractivity contribution in [2.24, 2.45) is 11.7 Å². The zero-order valence-corrected chi connectivity index (χ0v) is 8.26. The second-order valence-electron chi connectivity index (χ2n) is 3.58. The van der Waals surface area contributed by atoms with Crippen LogP contribution in [0.1, 0.15) is 6.42 Å². The standard InChI is InChI=1S/C9H13N5O/c10-4-6-3-8(15)14(5-6)7-1-2-12-9(11)13-7/h1-2,6H,3-5,10H2,(H2,11,12,13). The van der Waals surface area contributed by atoms with Crippen molar-refractivity contribution in [3.63, 3.8) is 0 Å². The summed E-state index contributed by atoms with van der Waals surface area (Å²) in [7, 11) is 0. The number of hydrogen-bond donors (Lipinski definition) is 2. The Morgan fingerprint density at radius 2 is 2.40 bits per heavy atom. The van der Waals surface area contributed by atoms with Gasteiger partial charge in [0.15, 0.2) is 0 Å². The molecule has 6 nitrogen and oxygen atoms in total. The fourth-order valence-electron chi connectivity index (χ4n) is 1.67. The minimum absolute atomic E-state index is 0.0450. The fourth-order valence-corrected chi connectivity index (χ4v) is 1.67. The summed E-state index contributed by atoms with van der Waals surface area (Å²) in [5.74, 6) is 0.997. The van der Waals surface area contributed by atoms with E-state index in [0.29, 0.717) is 25.3 Å². The molecule has 6 heteroatoms. The van der Waals surface area contributed by atoms with Crippen molar-refractivity contribution in [2.45, 2.75) is 6.42 Å². The van der Waals surface area contributed by atoms with E-state index in [0.717, 1.165) is 0 Å². The predicted molar refractivity (Wildman–Crippen MR) is 56.0 cm³/mol. The molecule has 1 aliphatic heterocycles. The summed E-state index contributed by atoms with van der Waals surface area (Å²) in [4.78, 5) is 21.0. The molecule has 1 aromatic heterocycles. The van der Waals surface area contributed by atoms with Gasteiger partial charge in [-0.15, -0.1) is 0 Å². The molecule has 15 heavy (non-hydrogen) atoms. The second kappa shape index (κ2) is 3.82. The van der Waals surface area contributed by atoms with Gasteiger partial charge >= 0.3 is 0 Å². The Balaban J connectivity index is 2.21. The molecule has 0 saturated carbocycles. The fraction of sp³-hybridized carbons (Fsp3) is 0.444. The SMILES string of the molecule is NCC1CC(=O)N(c2ccnc(N)n2)C1. The number of hydrogen-bond acceptors (Lipinski definition) is 5. The van der Waals surface area contributed by atoms with Crippen LogP contribution in [0.4, 0.5) is 11.8 Å². The topological polar surface area (TPSA) is 98.1 Å². The van der Waals surface area contributed by atoms with Gasteiger partial charge in [-0.2, -0.15) is 4.98 Å². The summed E-state index contributed by atoms with van der Waals surface area (Å²) < 4.78 is 0. The maximum atomic E-state index is 11.6. The highest BCUT2D eigenvalue weighted by atomic mass is 16.2. The summed E-state index contributed by atoms with van der Waals surface area (Å²) in [6.07, 6.45) is 2.03. The molecule has 1 saturated heterocycles. The summed E-state index contributed by atoms with van der Waals surface area (Å²) in [6, 6.07) is 1.67. The zero-order valence-electron chi connectivity index (χ0n) is 8.26. The van der Waals surface area contributed by atoms with E-state index in [-0.39, 0.29) is 17.8 Å². The van der Waals surface area contributed by atoms with Crippen LogP contribution in [0.15, 0.2) is 12.3 Å². The van der Waals surface area contributed by atoms with Gasteiger partial charge in [0.05, 0.1) is 0 Å². The van der Waals surface area contributed by atoms with Crippen molar-refractivity contribution in [3.05, 3.63) is 12.3 Å². The maximum absolute atomic E-state index is 11.6. The van der Waals surface area contributed by atoms with Crippen molar-refractivity contribution in [1.29, 1.82) is 0 Å². The van der Waals surface area contributed by atoms with E-state index in [1.54, 1.807) is 17.2 Å². The van der Waals surface area contributed by atoms with Crippen LogP contribution in [-0.4, -0.2) is 29.0 Å². The van der Waals surface area contributed by atoms with Gasteiger partial charge in [0.2, 0.25) is 11.9 Å². The molecule has 0 radical (unpaired) electrons. The van der Waals surface area contributed by atoms with E-state index in [1.165, 1.54) is 0 Å². The minimum atomic E-state index is 0.0450. The third-order valence-corrected chi connectivity index (χ3v) is 2.47. The van der Waals surface area contributed by atoms with E-state index < -0.39 is 0 Å². The van der Waals surface area contributed by atoms with Crippen molar-refractivity contribution < 1.29 is 4.79 Å². The lowest BCUT2D eigenvalue weighted by Crippen LogP contribution is -2.26. The monoisotopic (exact) mass is 207 g/mol. The molecule has 0 spiro atoms. The molecule has 1 aliphatic rings. The first-order valence-electron chi connectivity index (χ1n) is 4.79. The molecular formula is C9H13N5O. The zero-order chi connectivity index (χ0) is 10.8. The molecule has 1 aromatic rings. The Labute approximate surface area is 87.3 Å². The number of carbonyl (C=O) groups is 1. The van der Waals surface area contributed by atoms with E-state index in [4.69, 9.17) is 11.5 Å². The average Bonchev–Trinajstić information content (AvgIpc) is 2.60. The van der Waals surface area contributed by atoms with Crippen molar-refractivity contribution in [3.8, 4) is 0 Å². The highest BCUT2D eigenvalue weighted by Gasteiger charge is 2.30. The van der Waals surface area contributed by atoms with Crippen molar-refractivity contribution in [2.75, 3.05) is 23.7 Å². The van der Waals surface area contributed by atoms with Crippen molar-refractivity contribution in [1.82, 2.24) is 9.97 Å². The second-order valence-corrected chi connectivity index (χ2v) is 3.58. The predicted octanol–water partition coefficient (Wildman–Crippen LogP) is -0.630. The number of rotatable bonds is 2. The first kappa shape index (κ1) is 9.85. The van der Waals surface area contributed by atoms with E-state index in [2.05, 4.69) is 9.97 Å². The van der Waals surface area contributed by atoms with Gasteiger partial charge in [-0.1, -0.05) is 0 Å². The molecule has 0 bridgehead atoms. The molecule has 1 amide bonds. The number of nitrogen functional groups attached to an aromatic ring is 1. The number of amides is 1. The van der Waals surface area contributed by atoms with E-state index >= 15 is 0 Å². The Bertz CT molecular complexity index is 381. The molecule has 0 aromatic carbocycles. The molecule has 2 heterocycles. The van der Waals surface area contributed by atoms with Gasteiger partial charge < -0.3 is 11.5 Å². The van der Waals surface area contributed by atoms with Crippen molar-refractivity contribution >= 4 is 17.7 Å². The lowest BCUT2D eigenvalue weighted by atomic mass is 10.1. The largest absolute Gasteiger partial charge is 0.368 e. The number of nitrogens with zero attached hydrogens (tertiary/aromatic N) is 3. The molecule has 1 unspecified atom stereocenters. The van der Waals surface area contributed by atoms with Gasteiger partial charge in [0.25, 0.3) is 0 Å². The van der Waals surface area contributed by atoms with Gasteiger partial charge in [-0.05, 0) is 18.5 Å². The first-order chi connectivity index (χ1) is 7.20. The Morgan fingerprint density at radius 1 is 1.60 bits per heavy atom. The van der Waals surface area contributed by atoms with Crippen LogP contribution >= 0.6 is 0 Å². The lowest BCUT2D eigenvalue weighted by molar-refractivity contribution is -0.117. The quantitative estimate of drug-likeness (QED) is 0.672. The Morgan fingerprint density at radius 3 is 3.00 bits per heavy atom. The van der Waals surface area contributed by atoms with Gasteiger partial charge in [0.1, 0.15) is 5.82 Å². The average molecular weight is 207 g/mol. The Kier molecular flexibility index (Phi) is 2.51. The summed E-state index contributed by atoms with van der Waals surface area (Å²) in [5, 5.41) is 0. The highest BCUT2D eigenvalue weighted by Crippen LogP contribution is 2.22. The third kappa shape index (κ3) is 1.89. The number of carbonyl (C=O) groups excluding carboxylic acids is 1. The van der Waals surface area contributed by atoms with Gasteiger partial charge in [-0.25, -0.2) is 4.98 Å².